The van der Waals surface area contributed by atoms with Gasteiger partial charge in [-0.2, -0.15) is 0 Å². The van der Waals surface area contributed by atoms with E-state index in [1.807, 2.05) is 41.3 Å². The molecule has 0 spiro atoms. The van der Waals surface area contributed by atoms with Gasteiger partial charge in [-0.1, -0.05) is 46.9 Å². The third-order valence-electron chi connectivity index (χ3n) is 6.01. The van der Waals surface area contributed by atoms with Crippen LogP contribution in [0.25, 0.3) is 0 Å². The lowest BCUT2D eigenvalue weighted by atomic mass is 9.95. The summed E-state index contributed by atoms with van der Waals surface area (Å²) >= 11 is 18.3. The summed E-state index contributed by atoms with van der Waals surface area (Å²) in [5.74, 6) is 0.360. The van der Waals surface area contributed by atoms with E-state index in [4.69, 9.17) is 34.8 Å². The van der Waals surface area contributed by atoms with Gasteiger partial charge in [-0.05, 0) is 55.3 Å². The van der Waals surface area contributed by atoms with Crippen molar-refractivity contribution in [2.24, 2.45) is 5.92 Å². The predicted octanol–water partition coefficient (Wildman–Crippen LogP) is 5.21. The van der Waals surface area contributed by atoms with E-state index < -0.39 is 0 Å². The summed E-state index contributed by atoms with van der Waals surface area (Å²) in [6, 6.07) is 13.7. The Balaban J connectivity index is 1.31. The number of amides is 1. The number of likely N-dealkylation sites (tertiary alicyclic amines) is 1. The molecule has 2 aliphatic rings. The molecule has 2 saturated heterocycles. The highest BCUT2D eigenvalue weighted by Crippen LogP contribution is 2.26. The molecule has 30 heavy (non-hydrogen) atoms. The molecule has 2 aliphatic heterocycles. The second-order valence-corrected chi connectivity index (χ2v) is 9.37. The van der Waals surface area contributed by atoms with Gasteiger partial charge in [-0.15, -0.1) is 0 Å². The number of piperazine rings is 1. The summed E-state index contributed by atoms with van der Waals surface area (Å²) in [6.07, 6.45) is 2.01. The minimum absolute atomic E-state index is 0.0687. The first-order chi connectivity index (χ1) is 14.5. The van der Waals surface area contributed by atoms with E-state index in [1.54, 1.807) is 0 Å². The average molecular weight is 467 g/mol. The van der Waals surface area contributed by atoms with E-state index in [0.29, 0.717) is 16.0 Å². The predicted molar refractivity (Wildman–Crippen MR) is 125 cm³/mol. The molecule has 0 N–H and O–H groups in total. The van der Waals surface area contributed by atoms with E-state index in [2.05, 4.69) is 15.9 Å². The lowest BCUT2D eigenvalue weighted by molar-refractivity contribution is -0.137. The zero-order chi connectivity index (χ0) is 21.1. The first kappa shape index (κ1) is 21.8. The molecule has 160 valence electrons. The van der Waals surface area contributed by atoms with Gasteiger partial charge in [0.1, 0.15) is 0 Å². The fourth-order valence-electron chi connectivity index (χ4n) is 4.41. The van der Waals surface area contributed by atoms with Gasteiger partial charge in [0.2, 0.25) is 5.91 Å². The second kappa shape index (κ2) is 9.78. The lowest BCUT2D eigenvalue weighted by Crippen LogP contribution is -2.52. The Labute approximate surface area is 193 Å². The van der Waals surface area contributed by atoms with Crippen molar-refractivity contribution < 1.29 is 4.79 Å². The molecule has 2 heterocycles. The summed E-state index contributed by atoms with van der Waals surface area (Å²) in [7, 11) is 0. The van der Waals surface area contributed by atoms with Gasteiger partial charge in [0.05, 0.1) is 16.0 Å². The van der Waals surface area contributed by atoms with Crippen LogP contribution in [0.5, 0.6) is 0 Å². The number of carbonyl (C=O) groups excluding carboxylic acids is 1. The molecule has 7 heteroatoms. The van der Waals surface area contributed by atoms with E-state index in [0.717, 1.165) is 74.9 Å². The molecule has 0 saturated carbocycles. The summed E-state index contributed by atoms with van der Waals surface area (Å²) in [6.45, 7) is 5.80. The number of halogens is 3. The third kappa shape index (κ3) is 5.23. The number of anilines is 1. The highest BCUT2D eigenvalue weighted by atomic mass is 35.5. The van der Waals surface area contributed by atoms with Crippen molar-refractivity contribution in [1.29, 1.82) is 0 Å². The van der Waals surface area contributed by atoms with Crippen molar-refractivity contribution in [1.82, 2.24) is 9.80 Å². The quantitative estimate of drug-likeness (QED) is 0.619. The highest BCUT2D eigenvalue weighted by Gasteiger charge is 2.31. The van der Waals surface area contributed by atoms with Gasteiger partial charge in [-0.3, -0.25) is 9.69 Å². The molecule has 2 fully saturated rings. The smallest absolute Gasteiger partial charge is 0.227 e. The maximum absolute atomic E-state index is 13.2. The first-order valence-corrected chi connectivity index (χ1v) is 11.6. The van der Waals surface area contributed by atoms with Gasteiger partial charge in [-0.25, -0.2) is 0 Å². The van der Waals surface area contributed by atoms with Gasteiger partial charge < -0.3 is 9.80 Å². The SMILES string of the molecule is O=C(C1CCCN(Cc2ccc(Cl)c(Cl)c2)C1)N1CCN(c2cccc(Cl)c2)CC1. The van der Waals surface area contributed by atoms with Crippen LogP contribution < -0.4 is 4.90 Å². The van der Waals surface area contributed by atoms with Crippen LogP contribution in [0.1, 0.15) is 18.4 Å². The number of piperidine rings is 1. The van der Waals surface area contributed by atoms with Crippen LogP contribution in [0.15, 0.2) is 42.5 Å². The molecule has 4 rings (SSSR count). The molecule has 0 bridgehead atoms. The molecule has 0 radical (unpaired) electrons. The Kier molecular flexibility index (Phi) is 7.09. The molecule has 2 aromatic carbocycles. The van der Waals surface area contributed by atoms with Crippen LogP contribution in [0.3, 0.4) is 0 Å². The molecule has 1 unspecified atom stereocenters. The summed E-state index contributed by atoms with van der Waals surface area (Å²) in [5.41, 5.74) is 2.26. The number of benzene rings is 2. The van der Waals surface area contributed by atoms with E-state index in [1.165, 1.54) is 0 Å². The van der Waals surface area contributed by atoms with Crippen LogP contribution in [-0.4, -0.2) is 55.0 Å². The highest BCUT2D eigenvalue weighted by molar-refractivity contribution is 6.42. The van der Waals surface area contributed by atoms with Crippen LogP contribution in [-0.2, 0) is 11.3 Å². The Morgan fingerprint density at radius 3 is 2.47 bits per heavy atom. The monoisotopic (exact) mass is 465 g/mol. The van der Waals surface area contributed by atoms with E-state index >= 15 is 0 Å². The number of nitrogens with zero attached hydrogens (tertiary/aromatic N) is 3. The van der Waals surface area contributed by atoms with Crippen molar-refractivity contribution in [3.63, 3.8) is 0 Å². The molecular formula is C23H26Cl3N3O. The summed E-state index contributed by atoms with van der Waals surface area (Å²) < 4.78 is 0. The van der Waals surface area contributed by atoms with E-state index in [9.17, 15) is 4.79 Å². The fourth-order valence-corrected chi connectivity index (χ4v) is 4.92. The van der Waals surface area contributed by atoms with Crippen LogP contribution in [0, 0.1) is 5.92 Å². The number of carbonyl (C=O) groups is 1. The molecule has 1 amide bonds. The molecule has 2 aromatic rings. The van der Waals surface area contributed by atoms with Gasteiger partial charge in [0.25, 0.3) is 0 Å². The van der Waals surface area contributed by atoms with Gasteiger partial charge in [0.15, 0.2) is 0 Å². The number of rotatable bonds is 4. The Morgan fingerprint density at radius 2 is 1.73 bits per heavy atom. The van der Waals surface area contributed by atoms with E-state index in [-0.39, 0.29) is 5.92 Å². The average Bonchev–Trinajstić information content (AvgIpc) is 2.76. The first-order valence-electron chi connectivity index (χ1n) is 10.5. The topological polar surface area (TPSA) is 26.8 Å². The zero-order valence-electron chi connectivity index (χ0n) is 16.9. The van der Waals surface area contributed by atoms with Crippen LogP contribution >= 0.6 is 34.8 Å². The van der Waals surface area contributed by atoms with Crippen LogP contribution in [0.4, 0.5) is 5.69 Å². The fraction of sp³-hybridized carbons (Fsp3) is 0.435. The zero-order valence-corrected chi connectivity index (χ0v) is 19.1. The van der Waals surface area contributed by atoms with Crippen LogP contribution in [0.2, 0.25) is 15.1 Å². The van der Waals surface area contributed by atoms with Crippen molar-refractivity contribution >= 4 is 46.4 Å². The largest absolute Gasteiger partial charge is 0.368 e. The van der Waals surface area contributed by atoms with Crippen molar-refractivity contribution in [3.8, 4) is 0 Å². The lowest BCUT2D eigenvalue weighted by Gasteiger charge is -2.39. The molecular weight excluding hydrogens is 441 g/mol. The Bertz CT molecular complexity index is 899. The minimum atomic E-state index is 0.0687. The van der Waals surface area contributed by atoms with Crippen molar-refractivity contribution in [2.75, 3.05) is 44.2 Å². The Hall–Kier alpha value is -1.46. The number of hydrogen-bond acceptors (Lipinski definition) is 3. The molecule has 0 aromatic heterocycles. The van der Waals surface area contributed by atoms with Crippen molar-refractivity contribution in [3.05, 3.63) is 63.1 Å². The maximum Gasteiger partial charge on any atom is 0.227 e. The standard InChI is InChI=1S/C23H26Cl3N3O/c24-19-4-1-5-20(14-19)28-9-11-29(12-10-28)23(30)18-3-2-8-27(16-18)15-17-6-7-21(25)22(26)13-17/h1,4-7,13-14,18H,2-3,8-12,15-16H2. The van der Waals surface area contributed by atoms with Gasteiger partial charge in [0, 0.05) is 50.0 Å². The maximum atomic E-state index is 13.2. The van der Waals surface area contributed by atoms with Crippen molar-refractivity contribution in [2.45, 2.75) is 19.4 Å². The summed E-state index contributed by atoms with van der Waals surface area (Å²) in [4.78, 5) is 19.9. The third-order valence-corrected chi connectivity index (χ3v) is 6.98. The normalized spacial score (nSPS) is 20.4. The minimum Gasteiger partial charge on any atom is -0.368 e. The molecule has 4 nitrogen and oxygen atoms in total. The molecule has 1 atom stereocenters. The van der Waals surface area contributed by atoms with Gasteiger partial charge >= 0.3 is 0 Å². The Morgan fingerprint density at radius 1 is 0.933 bits per heavy atom. The summed E-state index contributed by atoms with van der Waals surface area (Å²) in [5, 5.41) is 1.90. The number of hydrogen-bond donors (Lipinski definition) is 0. The molecule has 0 aliphatic carbocycles. The second-order valence-electron chi connectivity index (χ2n) is 8.11.